The molecule has 0 unspecified atom stereocenters. The molecule has 0 fully saturated rings. The number of nitrogens with one attached hydrogen (secondary N) is 2. The summed E-state index contributed by atoms with van der Waals surface area (Å²) in [7, 11) is 0. The van der Waals surface area contributed by atoms with Crippen LogP contribution in [0.4, 0.5) is 5.69 Å². The van der Waals surface area contributed by atoms with Crippen molar-refractivity contribution in [3.05, 3.63) is 105 Å². The van der Waals surface area contributed by atoms with E-state index in [-0.39, 0.29) is 16.3 Å². The molecule has 6 heteroatoms. The van der Waals surface area contributed by atoms with Crippen LogP contribution in [-0.2, 0) is 4.79 Å². The van der Waals surface area contributed by atoms with E-state index in [9.17, 15) is 9.59 Å². The molecule has 3 rings (SSSR count). The SMILES string of the molecule is Cc1cccc(NC(=O)/C(=C\c2ccccc2)NC(=O)c2ccc(Cl)cc2Cl)c1. The smallest absolute Gasteiger partial charge is 0.272 e. The van der Waals surface area contributed by atoms with Gasteiger partial charge in [0.15, 0.2) is 0 Å². The average Bonchev–Trinajstić information content (AvgIpc) is 2.68. The maximum absolute atomic E-state index is 12.9. The molecule has 3 aromatic rings. The standard InChI is InChI=1S/C23H18Cl2N2O2/c1-15-6-5-9-18(12-15)26-23(29)21(13-16-7-3-2-4-8-16)27-22(28)19-11-10-17(24)14-20(19)25/h2-14H,1H3,(H,26,29)(H,27,28)/b21-13+. The van der Waals surface area contributed by atoms with E-state index in [1.165, 1.54) is 12.1 Å². The summed E-state index contributed by atoms with van der Waals surface area (Å²) in [6.45, 7) is 1.93. The molecule has 0 aliphatic rings. The molecular formula is C23H18Cl2N2O2. The molecule has 0 saturated carbocycles. The second kappa shape index (κ2) is 9.41. The Hall–Kier alpha value is -3.08. The van der Waals surface area contributed by atoms with Crippen LogP contribution in [0.5, 0.6) is 0 Å². The number of hydrogen-bond donors (Lipinski definition) is 2. The maximum atomic E-state index is 12.9. The average molecular weight is 425 g/mol. The summed E-state index contributed by atoms with van der Waals surface area (Å²) in [5.41, 5.74) is 2.72. The van der Waals surface area contributed by atoms with Gasteiger partial charge >= 0.3 is 0 Å². The van der Waals surface area contributed by atoms with Gasteiger partial charge in [-0.2, -0.15) is 0 Å². The number of carbonyl (C=O) groups excluding carboxylic acids is 2. The first kappa shape index (κ1) is 20.6. The fourth-order valence-corrected chi connectivity index (χ4v) is 3.15. The normalized spacial score (nSPS) is 11.1. The van der Waals surface area contributed by atoms with Crippen molar-refractivity contribution in [2.75, 3.05) is 5.32 Å². The summed E-state index contributed by atoms with van der Waals surface area (Å²) in [5.74, 6) is -0.953. The van der Waals surface area contributed by atoms with Crippen molar-refractivity contribution in [2.24, 2.45) is 0 Å². The van der Waals surface area contributed by atoms with E-state index in [0.717, 1.165) is 11.1 Å². The van der Waals surface area contributed by atoms with Crippen molar-refractivity contribution in [3.63, 3.8) is 0 Å². The fraction of sp³-hybridized carbons (Fsp3) is 0.0435. The van der Waals surface area contributed by atoms with Crippen LogP contribution < -0.4 is 10.6 Å². The molecule has 146 valence electrons. The first-order valence-electron chi connectivity index (χ1n) is 8.83. The third kappa shape index (κ3) is 5.70. The molecule has 0 heterocycles. The van der Waals surface area contributed by atoms with Gasteiger partial charge in [0.2, 0.25) is 0 Å². The summed E-state index contributed by atoms with van der Waals surface area (Å²) in [6, 6.07) is 21.2. The van der Waals surface area contributed by atoms with Crippen LogP contribution in [0.15, 0.2) is 78.5 Å². The summed E-state index contributed by atoms with van der Waals surface area (Å²) in [6.07, 6.45) is 1.60. The Morgan fingerprint density at radius 1 is 0.897 bits per heavy atom. The highest BCUT2D eigenvalue weighted by Crippen LogP contribution is 2.21. The number of benzene rings is 3. The Bertz CT molecular complexity index is 1080. The minimum absolute atomic E-state index is 0.0914. The van der Waals surface area contributed by atoms with Crippen molar-refractivity contribution in [3.8, 4) is 0 Å². The zero-order valence-corrected chi connectivity index (χ0v) is 17.1. The summed E-state index contributed by atoms with van der Waals surface area (Å²) in [5, 5.41) is 6.09. The highest BCUT2D eigenvalue weighted by atomic mass is 35.5. The lowest BCUT2D eigenvalue weighted by Gasteiger charge is -2.12. The van der Waals surface area contributed by atoms with Crippen molar-refractivity contribution in [2.45, 2.75) is 6.92 Å². The number of halogens is 2. The molecule has 29 heavy (non-hydrogen) atoms. The van der Waals surface area contributed by atoms with E-state index in [4.69, 9.17) is 23.2 Å². The van der Waals surface area contributed by atoms with Crippen molar-refractivity contribution in [1.82, 2.24) is 5.32 Å². The first-order valence-corrected chi connectivity index (χ1v) is 9.59. The second-order valence-electron chi connectivity index (χ2n) is 6.37. The molecule has 0 atom stereocenters. The van der Waals surface area contributed by atoms with Crippen LogP contribution in [0.2, 0.25) is 10.0 Å². The lowest BCUT2D eigenvalue weighted by atomic mass is 10.1. The third-order valence-electron chi connectivity index (χ3n) is 4.06. The predicted molar refractivity (Wildman–Crippen MR) is 118 cm³/mol. The van der Waals surface area contributed by atoms with Crippen molar-refractivity contribution >= 4 is 46.8 Å². The number of aryl methyl sites for hydroxylation is 1. The molecule has 0 aromatic heterocycles. The van der Waals surface area contributed by atoms with E-state index >= 15 is 0 Å². The molecule has 0 aliphatic heterocycles. The third-order valence-corrected chi connectivity index (χ3v) is 4.60. The Morgan fingerprint density at radius 2 is 1.66 bits per heavy atom. The Morgan fingerprint density at radius 3 is 2.34 bits per heavy atom. The first-order chi connectivity index (χ1) is 13.9. The molecule has 4 nitrogen and oxygen atoms in total. The lowest BCUT2D eigenvalue weighted by molar-refractivity contribution is -0.113. The van der Waals surface area contributed by atoms with Crippen LogP contribution in [0.1, 0.15) is 21.5 Å². The van der Waals surface area contributed by atoms with Gasteiger partial charge in [0.25, 0.3) is 11.8 Å². The van der Waals surface area contributed by atoms with Gasteiger partial charge in [-0.05, 0) is 54.5 Å². The molecule has 0 radical (unpaired) electrons. The van der Waals surface area contributed by atoms with Crippen LogP contribution in [0.25, 0.3) is 6.08 Å². The molecule has 2 N–H and O–H groups in total. The minimum Gasteiger partial charge on any atom is -0.321 e. The van der Waals surface area contributed by atoms with Gasteiger partial charge in [0.05, 0.1) is 10.6 Å². The fourth-order valence-electron chi connectivity index (χ4n) is 2.66. The summed E-state index contributed by atoms with van der Waals surface area (Å²) < 4.78 is 0. The van der Waals surface area contributed by atoms with Gasteiger partial charge in [-0.3, -0.25) is 9.59 Å². The van der Waals surface area contributed by atoms with E-state index < -0.39 is 11.8 Å². The lowest BCUT2D eigenvalue weighted by Crippen LogP contribution is -2.31. The van der Waals surface area contributed by atoms with Crippen molar-refractivity contribution in [1.29, 1.82) is 0 Å². The van der Waals surface area contributed by atoms with Gasteiger partial charge in [0, 0.05) is 10.7 Å². The van der Waals surface area contributed by atoms with Crippen LogP contribution in [0.3, 0.4) is 0 Å². The molecule has 0 aliphatic carbocycles. The number of hydrogen-bond acceptors (Lipinski definition) is 2. The number of amides is 2. The molecule has 0 bridgehead atoms. The number of carbonyl (C=O) groups is 2. The molecular weight excluding hydrogens is 407 g/mol. The summed E-state index contributed by atoms with van der Waals surface area (Å²) in [4.78, 5) is 25.6. The molecule has 0 saturated heterocycles. The van der Waals surface area contributed by atoms with Gasteiger partial charge in [-0.25, -0.2) is 0 Å². The van der Waals surface area contributed by atoms with Crippen LogP contribution in [0, 0.1) is 6.92 Å². The number of rotatable bonds is 5. The highest BCUT2D eigenvalue weighted by Gasteiger charge is 2.17. The van der Waals surface area contributed by atoms with E-state index in [1.807, 2.05) is 55.5 Å². The topological polar surface area (TPSA) is 58.2 Å². The van der Waals surface area contributed by atoms with Crippen LogP contribution in [-0.4, -0.2) is 11.8 Å². The van der Waals surface area contributed by atoms with Crippen molar-refractivity contribution < 1.29 is 9.59 Å². The highest BCUT2D eigenvalue weighted by molar-refractivity contribution is 6.36. The monoisotopic (exact) mass is 424 g/mol. The molecule has 3 aromatic carbocycles. The largest absolute Gasteiger partial charge is 0.321 e. The van der Waals surface area contributed by atoms with E-state index in [1.54, 1.807) is 18.2 Å². The van der Waals surface area contributed by atoms with Gasteiger partial charge in [-0.1, -0.05) is 65.7 Å². The van der Waals surface area contributed by atoms with Gasteiger partial charge in [0.1, 0.15) is 5.70 Å². The zero-order valence-electron chi connectivity index (χ0n) is 15.6. The second-order valence-corrected chi connectivity index (χ2v) is 7.21. The minimum atomic E-state index is -0.506. The Kier molecular flexibility index (Phi) is 6.70. The quantitative estimate of drug-likeness (QED) is 0.515. The predicted octanol–water partition coefficient (Wildman–Crippen LogP) is 5.71. The zero-order chi connectivity index (χ0) is 20.8. The molecule has 2 amide bonds. The molecule has 0 spiro atoms. The van der Waals surface area contributed by atoms with Gasteiger partial charge < -0.3 is 10.6 Å². The Labute approximate surface area is 179 Å². The summed E-state index contributed by atoms with van der Waals surface area (Å²) >= 11 is 12.0. The van der Waals surface area contributed by atoms with E-state index in [2.05, 4.69) is 10.6 Å². The number of anilines is 1. The Balaban J connectivity index is 1.89. The van der Waals surface area contributed by atoms with Gasteiger partial charge in [-0.15, -0.1) is 0 Å². The van der Waals surface area contributed by atoms with Crippen LogP contribution >= 0.6 is 23.2 Å². The van der Waals surface area contributed by atoms with E-state index in [0.29, 0.717) is 10.7 Å². The maximum Gasteiger partial charge on any atom is 0.272 e.